The zero-order valence-corrected chi connectivity index (χ0v) is 11.2. The van der Waals surface area contributed by atoms with Crippen molar-refractivity contribution in [2.45, 2.75) is 25.3 Å². The molecular weight excluding hydrogens is 270 g/mol. The summed E-state index contributed by atoms with van der Waals surface area (Å²) in [5, 5.41) is 0. The first-order valence-corrected chi connectivity index (χ1v) is 5.79. The third kappa shape index (κ3) is 2.44. The van der Waals surface area contributed by atoms with Crippen molar-refractivity contribution in [1.29, 1.82) is 0 Å². The Labute approximate surface area is 104 Å². The molecule has 88 valence electrons. The molecule has 1 aromatic carbocycles. The van der Waals surface area contributed by atoms with Gasteiger partial charge in [0.05, 0.1) is 7.11 Å². The fourth-order valence-corrected chi connectivity index (χ4v) is 2.37. The van der Waals surface area contributed by atoms with E-state index in [9.17, 15) is 4.79 Å². The third-order valence-electron chi connectivity index (χ3n) is 2.80. The number of hydrogen-bond donors (Lipinski definition) is 1. The summed E-state index contributed by atoms with van der Waals surface area (Å²) in [6.07, 6.45) is 0. The van der Waals surface area contributed by atoms with Crippen LogP contribution in [0.1, 0.15) is 19.4 Å². The van der Waals surface area contributed by atoms with Crippen LogP contribution in [0.4, 0.5) is 0 Å². The maximum absolute atomic E-state index is 11.5. The van der Waals surface area contributed by atoms with Gasteiger partial charge in [0.15, 0.2) is 0 Å². The number of esters is 1. The van der Waals surface area contributed by atoms with Gasteiger partial charge in [-0.3, -0.25) is 4.79 Å². The molecule has 1 rings (SSSR count). The Morgan fingerprint density at radius 3 is 2.50 bits per heavy atom. The van der Waals surface area contributed by atoms with Crippen LogP contribution in [0.15, 0.2) is 28.7 Å². The van der Waals surface area contributed by atoms with E-state index in [0.717, 1.165) is 10.0 Å². The third-order valence-corrected chi connectivity index (χ3v) is 3.49. The second-order valence-electron chi connectivity index (χ2n) is 4.20. The van der Waals surface area contributed by atoms with Crippen molar-refractivity contribution in [1.82, 2.24) is 0 Å². The van der Waals surface area contributed by atoms with Crippen LogP contribution in [0.2, 0.25) is 0 Å². The predicted octanol–water partition coefficient (Wildman–Crippen LogP) is 2.23. The number of benzene rings is 1. The van der Waals surface area contributed by atoms with E-state index in [2.05, 4.69) is 20.7 Å². The monoisotopic (exact) mass is 285 g/mol. The molecule has 0 aliphatic carbocycles. The van der Waals surface area contributed by atoms with Crippen molar-refractivity contribution >= 4 is 21.9 Å². The number of rotatable bonds is 3. The van der Waals surface area contributed by atoms with Gasteiger partial charge in [-0.05, 0) is 11.6 Å². The SMILES string of the molecule is COC(=O)C(N)C(C)(C)c1ccccc1Br. The molecule has 0 spiro atoms. The van der Waals surface area contributed by atoms with Gasteiger partial charge in [0, 0.05) is 9.89 Å². The van der Waals surface area contributed by atoms with Crippen LogP contribution in [-0.2, 0) is 14.9 Å². The second kappa shape index (κ2) is 4.97. The Morgan fingerprint density at radius 2 is 2.00 bits per heavy atom. The molecule has 0 bridgehead atoms. The summed E-state index contributed by atoms with van der Waals surface area (Å²) in [5.74, 6) is -0.402. The summed E-state index contributed by atoms with van der Waals surface area (Å²) in [7, 11) is 1.35. The van der Waals surface area contributed by atoms with E-state index >= 15 is 0 Å². The van der Waals surface area contributed by atoms with E-state index in [4.69, 9.17) is 5.73 Å². The molecule has 2 N–H and O–H groups in total. The van der Waals surface area contributed by atoms with Crippen molar-refractivity contribution in [3.8, 4) is 0 Å². The zero-order valence-electron chi connectivity index (χ0n) is 9.66. The average Bonchev–Trinajstić information content (AvgIpc) is 2.27. The van der Waals surface area contributed by atoms with Gasteiger partial charge < -0.3 is 10.5 Å². The first-order chi connectivity index (χ1) is 7.41. The molecule has 0 saturated heterocycles. The van der Waals surface area contributed by atoms with E-state index < -0.39 is 17.4 Å². The number of carbonyl (C=O) groups excluding carboxylic acids is 1. The number of methoxy groups -OCH3 is 1. The number of carbonyl (C=O) groups is 1. The Morgan fingerprint density at radius 1 is 1.44 bits per heavy atom. The summed E-state index contributed by atoms with van der Waals surface area (Å²) in [6.45, 7) is 3.85. The molecule has 0 saturated carbocycles. The van der Waals surface area contributed by atoms with Crippen LogP contribution in [0.25, 0.3) is 0 Å². The van der Waals surface area contributed by atoms with Gasteiger partial charge in [-0.15, -0.1) is 0 Å². The number of nitrogens with two attached hydrogens (primary N) is 1. The molecule has 1 aromatic rings. The largest absolute Gasteiger partial charge is 0.468 e. The first kappa shape index (κ1) is 13.2. The summed E-state index contributed by atoms with van der Waals surface area (Å²) < 4.78 is 5.62. The zero-order chi connectivity index (χ0) is 12.3. The maximum atomic E-state index is 11.5. The first-order valence-electron chi connectivity index (χ1n) is 4.99. The Balaban J connectivity index is 3.11. The fourth-order valence-electron chi connectivity index (χ4n) is 1.57. The minimum atomic E-state index is -0.684. The molecule has 0 aliphatic rings. The summed E-state index contributed by atoms with van der Waals surface area (Å²) in [4.78, 5) is 11.5. The van der Waals surface area contributed by atoms with Crippen LogP contribution in [0, 0.1) is 0 Å². The second-order valence-corrected chi connectivity index (χ2v) is 5.06. The Bertz CT molecular complexity index is 390. The summed E-state index contributed by atoms with van der Waals surface area (Å²) >= 11 is 3.46. The van der Waals surface area contributed by atoms with E-state index in [1.165, 1.54) is 7.11 Å². The number of ether oxygens (including phenoxy) is 1. The smallest absolute Gasteiger partial charge is 0.323 e. The molecule has 0 aromatic heterocycles. The van der Waals surface area contributed by atoms with E-state index in [-0.39, 0.29) is 0 Å². The van der Waals surface area contributed by atoms with Crippen LogP contribution >= 0.6 is 15.9 Å². The van der Waals surface area contributed by atoms with Gasteiger partial charge in [0.25, 0.3) is 0 Å². The molecule has 0 radical (unpaired) electrons. The average molecular weight is 286 g/mol. The van der Waals surface area contributed by atoms with E-state index in [0.29, 0.717) is 0 Å². The van der Waals surface area contributed by atoms with E-state index in [1.54, 1.807) is 0 Å². The maximum Gasteiger partial charge on any atom is 0.323 e. The van der Waals surface area contributed by atoms with Crippen LogP contribution < -0.4 is 5.73 Å². The molecular formula is C12H16BrNO2. The standard InChI is InChI=1S/C12H16BrNO2/c1-12(2,10(14)11(15)16-3)8-6-4-5-7-9(8)13/h4-7,10H,14H2,1-3H3. The highest BCUT2D eigenvalue weighted by molar-refractivity contribution is 9.10. The molecule has 0 fully saturated rings. The summed E-state index contributed by atoms with van der Waals surface area (Å²) in [5.41, 5.74) is 6.43. The van der Waals surface area contributed by atoms with Crippen LogP contribution in [-0.4, -0.2) is 19.1 Å². The Kier molecular flexibility index (Phi) is 4.10. The lowest BCUT2D eigenvalue weighted by atomic mass is 9.78. The van der Waals surface area contributed by atoms with Crippen molar-refractivity contribution < 1.29 is 9.53 Å². The quantitative estimate of drug-likeness (QED) is 0.867. The highest BCUT2D eigenvalue weighted by Gasteiger charge is 2.35. The number of halogens is 1. The van der Waals surface area contributed by atoms with Gasteiger partial charge >= 0.3 is 5.97 Å². The van der Waals surface area contributed by atoms with Crippen LogP contribution in [0.3, 0.4) is 0 Å². The lowest BCUT2D eigenvalue weighted by Gasteiger charge is -2.31. The molecule has 0 aliphatic heterocycles. The molecule has 1 atom stereocenters. The van der Waals surface area contributed by atoms with Gasteiger partial charge in [-0.1, -0.05) is 48.0 Å². The van der Waals surface area contributed by atoms with E-state index in [1.807, 2.05) is 38.1 Å². The highest BCUT2D eigenvalue weighted by Crippen LogP contribution is 2.32. The van der Waals surface area contributed by atoms with Crippen molar-refractivity contribution in [3.05, 3.63) is 34.3 Å². The minimum Gasteiger partial charge on any atom is -0.468 e. The van der Waals surface area contributed by atoms with Crippen molar-refractivity contribution in [2.75, 3.05) is 7.11 Å². The predicted molar refractivity (Wildman–Crippen MR) is 67.2 cm³/mol. The fraction of sp³-hybridized carbons (Fsp3) is 0.417. The lowest BCUT2D eigenvalue weighted by Crippen LogP contribution is -2.47. The highest BCUT2D eigenvalue weighted by atomic mass is 79.9. The van der Waals surface area contributed by atoms with Gasteiger partial charge in [0.2, 0.25) is 0 Å². The molecule has 0 amide bonds. The molecule has 3 nitrogen and oxygen atoms in total. The lowest BCUT2D eigenvalue weighted by molar-refractivity contribution is -0.143. The van der Waals surface area contributed by atoms with Gasteiger partial charge in [-0.25, -0.2) is 0 Å². The summed E-state index contributed by atoms with van der Waals surface area (Å²) in [6, 6.07) is 7.05. The van der Waals surface area contributed by atoms with Crippen LogP contribution in [0.5, 0.6) is 0 Å². The van der Waals surface area contributed by atoms with Crippen molar-refractivity contribution in [3.63, 3.8) is 0 Å². The minimum absolute atomic E-state index is 0.402. The molecule has 0 heterocycles. The topological polar surface area (TPSA) is 52.3 Å². The molecule has 16 heavy (non-hydrogen) atoms. The molecule has 4 heteroatoms. The van der Waals surface area contributed by atoms with Gasteiger partial charge in [0.1, 0.15) is 6.04 Å². The van der Waals surface area contributed by atoms with Crippen molar-refractivity contribution in [2.24, 2.45) is 5.73 Å². The number of hydrogen-bond acceptors (Lipinski definition) is 3. The molecule has 1 unspecified atom stereocenters. The van der Waals surface area contributed by atoms with Gasteiger partial charge in [-0.2, -0.15) is 0 Å². The normalized spacial score (nSPS) is 13.3. The Hall–Kier alpha value is -0.870.